The molecular weight excluding hydrogens is 376 g/mol. The van der Waals surface area contributed by atoms with E-state index in [9.17, 15) is 4.79 Å². The Morgan fingerprint density at radius 1 is 1.29 bits per heavy atom. The molecule has 0 saturated carbocycles. The molecule has 7 nitrogen and oxygen atoms in total. The Kier molecular flexibility index (Phi) is 7.42. The number of imidazole rings is 1. The number of amides is 1. The molecule has 8 heteroatoms. The molecule has 28 heavy (non-hydrogen) atoms. The van der Waals surface area contributed by atoms with E-state index >= 15 is 0 Å². The summed E-state index contributed by atoms with van der Waals surface area (Å²) in [6, 6.07) is 0. The first-order valence-corrected chi connectivity index (χ1v) is 11.2. The van der Waals surface area contributed by atoms with Crippen LogP contribution in [-0.2, 0) is 20.8 Å². The number of hydrogen-bond acceptors (Lipinski definition) is 6. The SMILES string of the molecule is Cc1nc(SCC(=O)NCC(C)(C)N2CCOCC2)n(C[C@@H]2CCCO2)c1C. The number of carbonyl (C=O) groups excluding carboxylic acids is 1. The molecule has 3 heterocycles. The summed E-state index contributed by atoms with van der Waals surface area (Å²) in [4.78, 5) is 19.5. The predicted molar refractivity (Wildman–Crippen MR) is 111 cm³/mol. The van der Waals surface area contributed by atoms with E-state index in [1.54, 1.807) is 0 Å². The number of hydrogen-bond donors (Lipinski definition) is 1. The average molecular weight is 411 g/mol. The summed E-state index contributed by atoms with van der Waals surface area (Å²) in [7, 11) is 0. The molecule has 2 aliphatic heterocycles. The van der Waals surface area contributed by atoms with Crippen LogP contribution in [0.5, 0.6) is 0 Å². The van der Waals surface area contributed by atoms with Gasteiger partial charge in [0.05, 0.1) is 37.3 Å². The zero-order valence-corrected chi connectivity index (χ0v) is 18.4. The number of nitrogens with one attached hydrogen (secondary N) is 1. The Balaban J connectivity index is 1.50. The summed E-state index contributed by atoms with van der Waals surface area (Å²) in [6.07, 6.45) is 2.48. The highest BCUT2D eigenvalue weighted by atomic mass is 32.2. The summed E-state index contributed by atoms with van der Waals surface area (Å²) in [5.74, 6) is 0.425. The summed E-state index contributed by atoms with van der Waals surface area (Å²) in [5.41, 5.74) is 2.11. The Morgan fingerprint density at radius 2 is 2.04 bits per heavy atom. The van der Waals surface area contributed by atoms with Crippen molar-refractivity contribution in [2.75, 3.05) is 45.2 Å². The molecule has 2 aliphatic rings. The quantitative estimate of drug-likeness (QED) is 0.661. The maximum Gasteiger partial charge on any atom is 0.230 e. The smallest absolute Gasteiger partial charge is 0.230 e. The van der Waals surface area contributed by atoms with E-state index in [0.717, 1.165) is 68.8 Å². The van der Waals surface area contributed by atoms with Gasteiger partial charge in [-0.1, -0.05) is 11.8 Å². The standard InChI is InChI=1S/C20H34N4O3S/c1-15-16(2)24(12-17-6-5-9-27-17)19(22-15)28-13-18(25)21-14-20(3,4)23-7-10-26-11-8-23/h17H,5-14H2,1-4H3,(H,21,25)/t17-/m0/s1. The average Bonchev–Trinajstić information content (AvgIpc) is 3.29. The molecule has 1 atom stereocenters. The van der Waals surface area contributed by atoms with Crippen LogP contribution < -0.4 is 5.32 Å². The molecule has 0 radical (unpaired) electrons. The fourth-order valence-corrected chi connectivity index (χ4v) is 4.65. The Bertz CT molecular complexity index is 665. The lowest BCUT2D eigenvalue weighted by Gasteiger charge is -2.40. The molecule has 0 aliphatic carbocycles. The highest BCUT2D eigenvalue weighted by Gasteiger charge is 2.28. The lowest BCUT2D eigenvalue weighted by atomic mass is 10.0. The summed E-state index contributed by atoms with van der Waals surface area (Å²) in [6.45, 7) is 14.1. The van der Waals surface area contributed by atoms with Crippen molar-refractivity contribution in [2.24, 2.45) is 0 Å². The Hall–Kier alpha value is -1.09. The van der Waals surface area contributed by atoms with Crippen molar-refractivity contribution in [3.63, 3.8) is 0 Å². The molecule has 0 bridgehead atoms. The molecule has 1 aromatic heterocycles. The first kappa shape index (κ1) is 21.6. The van der Waals surface area contributed by atoms with Gasteiger partial charge in [-0.25, -0.2) is 4.98 Å². The number of thioether (sulfide) groups is 1. The Labute approximate surface area is 172 Å². The van der Waals surface area contributed by atoms with Crippen LogP contribution in [0.4, 0.5) is 0 Å². The lowest BCUT2D eigenvalue weighted by Crippen LogP contribution is -2.55. The first-order valence-electron chi connectivity index (χ1n) is 10.2. The van der Waals surface area contributed by atoms with E-state index in [1.807, 2.05) is 6.92 Å². The van der Waals surface area contributed by atoms with Gasteiger partial charge in [-0.05, 0) is 40.5 Å². The number of carbonyl (C=O) groups is 1. The number of ether oxygens (including phenoxy) is 2. The lowest BCUT2D eigenvalue weighted by molar-refractivity contribution is -0.119. The van der Waals surface area contributed by atoms with E-state index in [4.69, 9.17) is 9.47 Å². The van der Waals surface area contributed by atoms with Crippen LogP contribution in [0.1, 0.15) is 38.1 Å². The van der Waals surface area contributed by atoms with E-state index in [0.29, 0.717) is 12.3 Å². The first-order chi connectivity index (χ1) is 13.4. The summed E-state index contributed by atoms with van der Waals surface area (Å²) >= 11 is 1.51. The highest BCUT2D eigenvalue weighted by molar-refractivity contribution is 7.99. The van der Waals surface area contributed by atoms with Crippen molar-refractivity contribution in [3.8, 4) is 0 Å². The van der Waals surface area contributed by atoms with Crippen LogP contribution in [0, 0.1) is 13.8 Å². The van der Waals surface area contributed by atoms with Gasteiger partial charge in [-0.2, -0.15) is 0 Å². The monoisotopic (exact) mass is 410 g/mol. The number of aromatic nitrogens is 2. The third-order valence-corrected chi connectivity index (χ3v) is 6.73. The molecular formula is C20H34N4O3S. The largest absolute Gasteiger partial charge is 0.379 e. The zero-order chi connectivity index (χ0) is 20.1. The van der Waals surface area contributed by atoms with E-state index < -0.39 is 0 Å². The molecule has 3 rings (SSSR count). The van der Waals surface area contributed by atoms with Gasteiger partial charge in [0, 0.05) is 37.5 Å². The van der Waals surface area contributed by atoms with Crippen LogP contribution in [0.15, 0.2) is 5.16 Å². The fourth-order valence-electron chi connectivity index (χ4n) is 3.72. The minimum Gasteiger partial charge on any atom is -0.379 e. The van der Waals surface area contributed by atoms with Gasteiger partial charge < -0.3 is 19.4 Å². The fraction of sp³-hybridized carbons (Fsp3) is 0.800. The number of aryl methyl sites for hydroxylation is 1. The van der Waals surface area contributed by atoms with Crippen molar-refractivity contribution >= 4 is 17.7 Å². The Morgan fingerprint density at radius 3 is 2.71 bits per heavy atom. The van der Waals surface area contributed by atoms with Gasteiger partial charge in [0.15, 0.2) is 5.16 Å². The normalized spacial score (nSPS) is 21.2. The second kappa shape index (κ2) is 9.61. The maximum absolute atomic E-state index is 12.5. The second-order valence-electron chi connectivity index (χ2n) is 8.29. The number of nitrogens with zero attached hydrogens (tertiary/aromatic N) is 3. The van der Waals surface area contributed by atoms with Gasteiger partial charge in [0.25, 0.3) is 0 Å². The van der Waals surface area contributed by atoms with Gasteiger partial charge >= 0.3 is 0 Å². The van der Waals surface area contributed by atoms with Gasteiger partial charge in [0.2, 0.25) is 5.91 Å². The number of morpholine rings is 1. The van der Waals surface area contributed by atoms with Gasteiger partial charge in [-0.3, -0.25) is 9.69 Å². The molecule has 1 aromatic rings. The second-order valence-corrected chi connectivity index (χ2v) is 9.23. The summed E-state index contributed by atoms with van der Waals surface area (Å²) < 4.78 is 13.4. The van der Waals surface area contributed by atoms with Gasteiger partial charge in [-0.15, -0.1) is 0 Å². The molecule has 2 fully saturated rings. The highest BCUT2D eigenvalue weighted by Crippen LogP contribution is 2.24. The zero-order valence-electron chi connectivity index (χ0n) is 17.6. The minimum absolute atomic E-state index is 0.0494. The molecule has 1 amide bonds. The number of rotatable bonds is 8. The van der Waals surface area contributed by atoms with Crippen molar-refractivity contribution in [1.82, 2.24) is 19.8 Å². The van der Waals surface area contributed by atoms with E-state index in [1.165, 1.54) is 11.8 Å². The van der Waals surface area contributed by atoms with E-state index in [-0.39, 0.29) is 17.6 Å². The summed E-state index contributed by atoms with van der Waals surface area (Å²) in [5, 5.41) is 4.01. The molecule has 1 N–H and O–H groups in total. The predicted octanol–water partition coefficient (Wildman–Crippen LogP) is 2.00. The van der Waals surface area contributed by atoms with Crippen molar-refractivity contribution < 1.29 is 14.3 Å². The maximum atomic E-state index is 12.5. The van der Waals surface area contributed by atoms with Crippen LogP contribution >= 0.6 is 11.8 Å². The third kappa shape index (κ3) is 5.49. The molecule has 0 unspecified atom stereocenters. The van der Waals surface area contributed by atoms with Crippen LogP contribution in [0.2, 0.25) is 0 Å². The van der Waals surface area contributed by atoms with Crippen molar-refractivity contribution in [1.29, 1.82) is 0 Å². The van der Waals surface area contributed by atoms with Crippen LogP contribution in [0.3, 0.4) is 0 Å². The minimum atomic E-state index is -0.0738. The van der Waals surface area contributed by atoms with Crippen LogP contribution in [-0.4, -0.2) is 77.2 Å². The van der Waals surface area contributed by atoms with Crippen molar-refractivity contribution in [3.05, 3.63) is 11.4 Å². The molecule has 158 valence electrons. The molecule has 0 spiro atoms. The third-order valence-electron chi connectivity index (χ3n) is 5.75. The van der Waals surface area contributed by atoms with E-state index in [2.05, 4.69) is 40.5 Å². The van der Waals surface area contributed by atoms with Crippen LogP contribution in [0.25, 0.3) is 0 Å². The molecule has 0 aromatic carbocycles. The molecule has 2 saturated heterocycles. The van der Waals surface area contributed by atoms with Crippen molar-refractivity contribution in [2.45, 2.75) is 63.9 Å². The van der Waals surface area contributed by atoms with Gasteiger partial charge in [0.1, 0.15) is 0 Å². The topological polar surface area (TPSA) is 68.6 Å².